The fourth-order valence-corrected chi connectivity index (χ4v) is 5.91. The molecule has 0 bridgehead atoms. The molecule has 43 heavy (non-hydrogen) atoms. The number of nitrogens with one attached hydrogen (secondary N) is 1. The summed E-state index contributed by atoms with van der Waals surface area (Å²) in [6, 6.07) is 16.2. The van der Waals surface area contributed by atoms with Gasteiger partial charge in [0.05, 0.1) is 22.6 Å². The summed E-state index contributed by atoms with van der Waals surface area (Å²) in [7, 11) is -3.01. The number of aryl methyl sites for hydroxylation is 2. The molecule has 12 heteroatoms. The van der Waals surface area contributed by atoms with Crippen molar-refractivity contribution >= 4 is 33.2 Å². The molecule has 230 valence electrons. The summed E-state index contributed by atoms with van der Waals surface area (Å²) >= 11 is 0. The molecule has 0 aliphatic heterocycles. The van der Waals surface area contributed by atoms with Crippen molar-refractivity contribution in [2.45, 2.75) is 58.0 Å². The summed E-state index contributed by atoms with van der Waals surface area (Å²) < 4.78 is 34.2. The lowest BCUT2D eigenvalue weighted by atomic mass is 10.1. The van der Waals surface area contributed by atoms with E-state index < -0.39 is 33.4 Å². The Morgan fingerprint density at radius 2 is 1.74 bits per heavy atom. The van der Waals surface area contributed by atoms with Crippen LogP contribution in [0.15, 0.2) is 71.6 Å². The van der Waals surface area contributed by atoms with Crippen molar-refractivity contribution in [1.82, 2.24) is 10.2 Å². The van der Waals surface area contributed by atoms with Crippen LogP contribution in [0.3, 0.4) is 0 Å². The van der Waals surface area contributed by atoms with Crippen LogP contribution in [0.2, 0.25) is 0 Å². The third-order valence-electron chi connectivity index (χ3n) is 7.04. The normalized spacial score (nSPS) is 11.8. The summed E-state index contributed by atoms with van der Waals surface area (Å²) in [5, 5.41) is 14.4. The number of nitrogens with zero attached hydrogens (tertiary/aromatic N) is 3. The molecule has 0 aromatic heterocycles. The number of hydrogen-bond donors (Lipinski definition) is 1. The van der Waals surface area contributed by atoms with Gasteiger partial charge in [0.15, 0.2) is 0 Å². The average Bonchev–Trinajstić information content (AvgIpc) is 2.98. The lowest BCUT2D eigenvalue weighted by molar-refractivity contribution is -0.385. The number of methoxy groups -OCH3 is 1. The van der Waals surface area contributed by atoms with E-state index >= 15 is 0 Å². The highest BCUT2D eigenvalue weighted by molar-refractivity contribution is 7.92. The van der Waals surface area contributed by atoms with E-state index in [0.29, 0.717) is 17.9 Å². The molecule has 0 aliphatic rings. The summed E-state index contributed by atoms with van der Waals surface area (Å²) in [6.07, 6.45) is 1.66. The van der Waals surface area contributed by atoms with Crippen LogP contribution in [0.1, 0.15) is 43.4 Å². The van der Waals surface area contributed by atoms with Crippen molar-refractivity contribution in [3.63, 3.8) is 0 Å². The van der Waals surface area contributed by atoms with Crippen molar-refractivity contribution in [2.24, 2.45) is 0 Å². The van der Waals surface area contributed by atoms with Gasteiger partial charge in [-0.1, -0.05) is 49.2 Å². The summed E-state index contributed by atoms with van der Waals surface area (Å²) in [6.45, 7) is 6.88. The van der Waals surface area contributed by atoms with Crippen LogP contribution in [-0.2, 0) is 26.2 Å². The number of sulfonamides is 1. The predicted octanol–water partition coefficient (Wildman–Crippen LogP) is 4.75. The van der Waals surface area contributed by atoms with Gasteiger partial charge in [-0.15, -0.1) is 0 Å². The standard InChI is InChI=1S/C31H38N4O7S/c1-6-7-17-32-31(37)24(4)33(20-25-10-8-9-22(2)18-25)30(36)21-34(26-12-14-27(42-5)15-13-26)43(40,41)28-16-11-23(3)29(19-28)35(38)39/h8-16,18-19,24H,6-7,17,20-21H2,1-5H3,(H,32,37)/t24-/m0/s1. The third kappa shape index (κ3) is 8.31. The largest absolute Gasteiger partial charge is 0.497 e. The summed E-state index contributed by atoms with van der Waals surface area (Å²) in [5.41, 5.74) is 1.82. The van der Waals surface area contributed by atoms with Gasteiger partial charge in [0, 0.05) is 24.7 Å². The molecule has 0 unspecified atom stereocenters. The van der Waals surface area contributed by atoms with Crippen LogP contribution >= 0.6 is 0 Å². The Kier molecular flexibility index (Phi) is 11.2. The molecule has 0 fully saturated rings. The maximum atomic E-state index is 14.0. The minimum atomic E-state index is -4.48. The minimum absolute atomic E-state index is 0.0649. The molecule has 0 radical (unpaired) electrons. The van der Waals surface area contributed by atoms with Crippen LogP contribution in [0, 0.1) is 24.0 Å². The Labute approximate surface area is 252 Å². The van der Waals surface area contributed by atoms with Crippen LogP contribution in [0.5, 0.6) is 5.75 Å². The van der Waals surface area contributed by atoms with Gasteiger partial charge in [0.1, 0.15) is 18.3 Å². The molecule has 1 N–H and O–H groups in total. The molecule has 0 aliphatic carbocycles. The number of unbranched alkanes of at least 4 members (excludes halogenated alkanes) is 1. The number of ether oxygens (including phenoxy) is 1. The van der Waals surface area contributed by atoms with E-state index in [4.69, 9.17) is 4.74 Å². The number of carbonyl (C=O) groups is 2. The molecule has 0 saturated carbocycles. The number of nitro benzene ring substituents is 1. The first-order valence-electron chi connectivity index (χ1n) is 13.9. The average molecular weight is 611 g/mol. The van der Waals surface area contributed by atoms with E-state index in [0.717, 1.165) is 34.3 Å². The van der Waals surface area contributed by atoms with E-state index in [9.17, 15) is 28.1 Å². The van der Waals surface area contributed by atoms with E-state index in [-0.39, 0.29) is 28.7 Å². The maximum Gasteiger partial charge on any atom is 0.273 e. The third-order valence-corrected chi connectivity index (χ3v) is 8.81. The van der Waals surface area contributed by atoms with E-state index in [1.807, 2.05) is 38.1 Å². The number of nitro groups is 1. The Hall–Kier alpha value is -4.45. The lowest BCUT2D eigenvalue weighted by Gasteiger charge is -2.32. The van der Waals surface area contributed by atoms with Gasteiger partial charge < -0.3 is 15.0 Å². The zero-order chi connectivity index (χ0) is 31.7. The van der Waals surface area contributed by atoms with E-state index in [1.54, 1.807) is 19.1 Å². The van der Waals surface area contributed by atoms with Crippen molar-refractivity contribution < 1.29 is 27.7 Å². The number of benzene rings is 3. The molecule has 2 amide bonds. The Morgan fingerprint density at radius 3 is 2.35 bits per heavy atom. The first-order valence-corrected chi connectivity index (χ1v) is 15.4. The maximum absolute atomic E-state index is 14.0. The van der Waals surface area contributed by atoms with Crippen LogP contribution < -0.4 is 14.4 Å². The Morgan fingerprint density at radius 1 is 1.05 bits per heavy atom. The van der Waals surface area contributed by atoms with Gasteiger partial charge in [-0.05, 0) is 63.1 Å². The molecular weight excluding hydrogens is 572 g/mol. The fraction of sp³-hybridized carbons (Fsp3) is 0.355. The molecule has 3 rings (SSSR count). The van der Waals surface area contributed by atoms with Crippen molar-refractivity contribution in [3.05, 3.63) is 93.5 Å². The first-order chi connectivity index (χ1) is 20.4. The highest BCUT2D eigenvalue weighted by Crippen LogP contribution is 2.29. The number of hydrogen-bond acceptors (Lipinski definition) is 7. The van der Waals surface area contributed by atoms with Crippen LogP contribution in [0.25, 0.3) is 0 Å². The van der Waals surface area contributed by atoms with E-state index in [1.165, 1.54) is 43.2 Å². The number of anilines is 1. The molecule has 3 aromatic carbocycles. The quantitative estimate of drug-likeness (QED) is 0.158. The first kappa shape index (κ1) is 33.1. The van der Waals surface area contributed by atoms with Gasteiger partial charge >= 0.3 is 0 Å². The van der Waals surface area contributed by atoms with Crippen LogP contribution in [0.4, 0.5) is 11.4 Å². The zero-order valence-electron chi connectivity index (χ0n) is 25.1. The highest BCUT2D eigenvalue weighted by atomic mass is 32.2. The monoisotopic (exact) mass is 610 g/mol. The molecule has 3 aromatic rings. The second-order valence-electron chi connectivity index (χ2n) is 10.2. The SMILES string of the molecule is CCCCNC(=O)[C@H](C)N(Cc1cccc(C)c1)C(=O)CN(c1ccc(OC)cc1)S(=O)(=O)c1ccc(C)c([N+](=O)[O-])c1. The van der Waals surface area contributed by atoms with Crippen molar-refractivity contribution in [2.75, 3.05) is 24.5 Å². The van der Waals surface area contributed by atoms with Crippen molar-refractivity contribution in [3.8, 4) is 5.75 Å². The van der Waals surface area contributed by atoms with Gasteiger partial charge in [0.25, 0.3) is 15.7 Å². The zero-order valence-corrected chi connectivity index (χ0v) is 25.9. The summed E-state index contributed by atoms with van der Waals surface area (Å²) in [5.74, 6) is -0.514. The van der Waals surface area contributed by atoms with Gasteiger partial charge in [0.2, 0.25) is 11.8 Å². The molecule has 0 spiro atoms. The molecule has 1 atom stereocenters. The molecule has 0 heterocycles. The molecular formula is C31H38N4O7S. The highest BCUT2D eigenvalue weighted by Gasteiger charge is 2.33. The Bertz CT molecular complexity index is 1560. The van der Waals surface area contributed by atoms with Crippen LogP contribution in [-0.4, -0.2) is 56.3 Å². The predicted molar refractivity (Wildman–Crippen MR) is 164 cm³/mol. The van der Waals surface area contributed by atoms with E-state index in [2.05, 4.69) is 5.32 Å². The Balaban J connectivity index is 2.07. The lowest BCUT2D eigenvalue weighted by Crippen LogP contribution is -2.51. The van der Waals surface area contributed by atoms with Gasteiger partial charge in [-0.3, -0.25) is 24.0 Å². The smallest absolute Gasteiger partial charge is 0.273 e. The number of rotatable bonds is 14. The van der Waals surface area contributed by atoms with Gasteiger partial charge in [-0.25, -0.2) is 8.42 Å². The van der Waals surface area contributed by atoms with Crippen molar-refractivity contribution in [1.29, 1.82) is 0 Å². The van der Waals surface area contributed by atoms with Gasteiger partial charge in [-0.2, -0.15) is 0 Å². The number of carbonyl (C=O) groups excluding carboxylic acids is 2. The topological polar surface area (TPSA) is 139 Å². The molecule has 0 saturated heterocycles. The minimum Gasteiger partial charge on any atom is -0.497 e. The number of amides is 2. The second kappa shape index (κ2) is 14.6. The fourth-order valence-electron chi connectivity index (χ4n) is 4.48. The summed E-state index contributed by atoms with van der Waals surface area (Å²) in [4.78, 5) is 39.1. The second-order valence-corrected chi connectivity index (χ2v) is 12.1. The molecule has 11 nitrogen and oxygen atoms in total.